The number of imidazole rings is 1. The Labute approximate surface area is 116 Å². The van der Waals surface area contributed by atoms with E-state index in [0.717, 1.165) is 25.1 Å². The van der Waals surface area contributed by atoms with E-state index in [-0.39, 0.29) is 11.0 Å². The molecule has 2 aromatic rings. The van der Waals surface area contributed by atoms with E-state index in [1.807, 2.05) is 6.92 Å². The van der Waals surface area contributed by atoms with Crippen molar-refractivity contribution in [1.29, 1.82) is 0 Å². The number of rotatable bonds is 5. The molecule has 0 spiro atoms. The second kappa shape index (κ2) is 4.89. The Balaban J connectivity index is 1.84. The first-order valence-electron chi connectivity index (χ1n) is 6.50. The topological polar surface area (TPSA) is 103 Å². The van der Waals surface area contributed by atoms with Gasteiger partial charge in [0.15, 0.2) is 5.03 Å². The number of aryl methyl sites for hydroxylation is 2. The molecule has 1 aliphatic heterocycles. The molecule has 2 aromatic heterocycles. The summed E-state index contributed by atoms with van der Waals surface area (Å²) in [5.74, 6) is 1.21. The van der Waals surface area contributed by atoms with Crippen molar-refractivity contribution in [3.05, 3.63) is 17.9 Å². The quantitative estimate of drug-likeness (QED) is 0.882. The van der Waals surface area contributed by atoms with Crippen LogP contribution in [0.5, 0.6) is 0 Å². The summed E-state index contributed by atoms with van der Waals surface area (Å²) in [6, 6.07) is -0.109. The summed E-state index contributed by atoms with van der Waals surface area (Å²) >= 11 is 0. The molecule has 20 heavy (non-hydrogen) atoms. The van der Waals surface area contributed by atoms with E-state index in [1.165, 1.54) is 6.20 Å². The van der Waals surface area contributed by atoms with Crippen LogP contribution < -0.4 is 4.72 Å². The van der Waals surface area contributed by atoms with E-state index >= 15 is 0 Å². The van der Waals surface area contributed by atoms with Crippen molar-refractivity contribution < 1.29 is 12.8 Å². The van der Waals surface area contributed by atoms with Crippen LogP contribution in [0.25, 0.3) is 0 Å². The summed E-state index contributed by atoms with van der Waals surface area (Å²) in [4.78, 5) is 4.12. The first-order valence-corrected chi connectivity index (χ1v) is 7.98. The van der Waals surface area contributed by atoms with Crippen LogP contribution in [-0.2, 0) is 29.4 Å². The van der Waals surface area contributed by atoms with Crippen LogP contribution in [-0.4, -0.2) is 28.2 Å². The molecule has 1 aliphatic rings. The van der Waals surface area contributed by atoms with Crippen LogP contribution >= 0.6 is 0 Å². The molecular formula is C11H15N5O3S. The van der Waals surface area contributed by atoms with Gasteiger partial charge < -0.3 is 8.98 Å². The number of fused-ring (bicyclic) bond motifs is 1. The van der Waals surface area contributed by atoms with Gasteiger partial charge in [-0.3, -0.25) is 0 Å². The van der Waals surface area contributed by atoms with Crippen LogP contribution in [0.4, 0.5) is 6.01 Å². The highest BCUT2D eigenvalue weighted by molar-refractivity contribution is 7.92. The van der Waals surface area contributed by atoms with Crippen molar-refractivity contribution in [3.63, 3.8) is 0 Å². The molecule has 0 amide bonds. The SMILES string of the molecule is CCCc1nnc(NS(=O)(=O)c2cnc3n2CCC3)o1. The molecule has 0 aromatic carbocycles. The lowest BCUT2D eigenvalue weighted by Crippen LogP contribution is -2.17. The molecule has 0 fully saturated rings. The predicted molar refractivity (Wildman–Crippen MR) is 69.6 cm³/mol. The largest absolute Gasteiger partial charge is 0.407 e. The second-order valence-corrected chi connectivity index (χ2v) is 6.25. The number of hydrogen-bond donors (Lipinski definition) is 1. The minimum atomic E-state index is -3.74. The number of anilines is 1. The molecule has 0 unspecified atom stereocenters. The minimum absolute atomic E-state index is 0.109. The Morgan fingerprint density at radius 1 is 1.45 bits per heavy atom. The van der Waals surface area contributed by atoms with Gasteiger partial charge in [0, 0.05) is 19.4 Å². The first-order chi connectivity index (χ1) is 9.60. The zero-order chi connectivity index (χ0) is 14.2. The highest BCUT2D eigenvalue weighted by atomic mass is 32.2. The Hall–Kier alpha value is -1.90. The Bertz CT molecular complexity index is 718. The highest BCUT2D eigenvalue weighted by Crippen LogP contribution is 2.21. The Kier molecular flexibility index (Phi) is 3.20. The van der Waals surface area contributed by atoms with Gasteiger partial charge in [-0.25, -0.2) is 9.71 Å². The smallest absolute Gasteiger partial charge is 0.329 e. The third kappa shape index (κ3) is 2.28. The minimum Gasteiger partial charge on any atom is -0.407 e. The highest BCUT2D eigenvalue weighted by Gasteiger charge is 2.26. The van der Waals surface area contributed by atoms with Gasteiger partial charge in [0.1, 0.15) is 5.82 Å². The zero-order valence-electron chi connectivity index (χ0n) is 11.0. The molecular weight excluding hydrogens is 282 g/mol. The monoisotopic (exact) mass is 297 g/mol. The Morgan fingerprint density at radius 2 is 2.30 bits per heavy atom. The molecule has 3 rings (SSSR count). The van der Waals surface area contributed by atoms with Crippen molar-refractivity contribution in [2.24, 2.45) is 0 Å². The number of hydrogen-bond acceptors (Lipinski definition) is 6. The number of nitrogens with zero attached hydrogens (tertiary/aromatic N) is 4. The Morgan fingerprint density at radius 3 is 3.10 bits per heavy atom. The lowest BCUT2D eigenvalue weighted by Gasteiger charge is -2.05. The van der Waals surface area contributed by atoms with Crippen LogP contribution in [0.3, 0.4) is 0 Å². The summed E-state index contributed by atoms with van der Waals surface area (Å²) in [7, 11) is -3.74. The molecule has 108 valence electrons. The van der Waals surface area contributed by atoms with Gasteiger partial charge in [0.2, 0.25) is 5.89 Å². The van der Waals surface area contributed by atoms with Crippen molar-refractivity contribution in [2.45, 2.75) is 44.2 Å². The van der Waals surface area contributed by atoms with Crippen molar-refractivity contribution >= 4 is 16.0 Å². The predicted octanol–water partition coefficient (Wildman–Crippen LogP) is 0.966. The average molecular weight is 297 g/mol. The molecule has 1 N–H and O–H groups in total. The molecule has 0 bridgehead atoms. The molecule has 9 heteroatoms. The molecule has 0 saturated heterocycles. The van der Waals surface area contributed by atoms with Crippen molar-refractivity contribution in [1.82, 2.24) is 19.7 Å². The van der Waals surface area contributed by atoms with Crippen LogP contribution in [0.15, 0.2) is 15.6 Å². The van der Waals surface area contributed by atoms with Crippen molar-refractivity contribution in [3.8, 4) is 0 Å². The van der Waals surface area contributed by atoms with E-state index in [2.05, 4.69) is 19.9 Å². The second-order valence-electron chi connectivity index (χ2n) is 4.62. The van der Waals surface area contributed by atoms with Crippen molar-refractivity contribution in [2.75, 3.05) is 4.72 Å². The first kappa shape index (κ1) is 13.1. The van der Waals surface area contributed by atoms with Gasteiger partial charge in [-0.15, -0.1) is 5.10 Å². The summed E-state index contributed by atoms with van der Waals surface area (Å²) < 4.78 is 33.8. The molecule has 0 saturated carbocycles. The molecule has 0 aliphatic carbocycles. The lowest BCUT2D eigenvalue weighted by molar-refractivity contribution is 0.504. The molecule has 3 heterocycles. The van der Waals surface area contributed by atoms with Gasteiger partial charge in [-0.05, 0) is 12.8 Å². The molecule has 0 radical (unpaired) electrons. The number of aromatic nitrogens is 4. The zero-order valence-corrected chi connectivity index (χ0v) is 11.9. The average Bonchev–Trinajstić information content (AvgIpc) is 3.04. The van der Waals surface area contributed by atoms with Crippen LogP contribution in [0.2, 0.25) is 0 Å². The van der Waals surface area contributed by atoms with E-state index < -0.39 is 10.0 Å². The maximum atomic E-state index is 12.3. The van der Waals surface area contributed by atoms with Crippen LogP contribution in [0, 0.1) is 0 Å². The van der Waals surface area contributed by atoms with Gasteiger partial charge >= 0.3 is 6.01 Å². The third-order valence-electron chi connectivity index (χ3n) is 3.11. The van der Waals surface area contributed by atoms with E-state index in [4.69, 9.17) is 4.42 Å². The van der Waals surface area contributed by atoms with Crippen LogP contribution in [0.1, 0.15) is 31.5 Å². The third-order valence-corrected chi connectivity index (χ3v) is 4.43. The molecule has 8 nitrogen and oxygen atoms in total. The van der Waals surface area contributed by atoms with Gasteiger partial charge in [-0.2, -0.15) is 8.42 Å². The summed E-state index contributed by atoms with van der Waals surface area (Å²) in [5, 5.41) is 7.60. The summed E-state index contributed by atoms with van der Waals surface area (Å²) in [6.45, 7) is 2.64. The maximum Gasteiger partial charge on any atom is 0.329 e. The fourth-order valence-corrected chi connectivity index (χ4v) is 3.32. The van der Waals surface area contributed by atoms with Gasteiger partial charge in [-0.1, -0.05) is 12.0 Å². The number of sulfonamides is 1. The summed E-state index contributed by atoms with van der Waals surface area (Å²) in [5.41, 5.74) is 0. The standard InChI is InChI=1S/C11H15N5O3S/c1-2-4-9-13-14-11(19-9)15-20(17,18)10-7-12-8-5-3-6-16(8)10/h7H,2-6H2,1H3,(H,14,15). The van der Waals surface area contributed by atoms with E-state index in [0.29, 0.717) is 18.9 Å². The lowest BCUT2D eigenvalue weighted by atomic mass is 10.3. The fourth-order valence-electron chi connectivity index (χ4n) is 2.22. The molecule has 0 atom stereocenters. The van der Waals surface area contributed by atoms with E-state index in [9.17, 15) is 8.42 Å². The normalized spacial score (nSPS) is 14.4. The summed E-state index contributed by atoms with van der Waals surface area (Å²) in [6.07, 6.45) is 4.55. The fraction of sp³-hybridized carbons (Fsp3) is 0.545. The van der Waals surface area contributed by atoms with E-state index in [1.54, 1.807) is 4.57 Å². The number of nitrogens with one attached hydrogen (secondary N) is 1. The maximum absolute atomic E-state index is 12.3. The van der Waals surface area contributed by atoms with Gasteiger partial charge in [0.05, 0.1) is 6.20 Å². The van der Waals surface area contributed by atoms with Gasteiger partial charge in [0.25, 0.3) is 10.0 Å².